The maximum atomic E-state index is 12.9. The number of furan rings is 1. The molecule has 1 atom stereocenters. The Morgan fingerprint density at radius 1 is 1.00 bits per heavy atom. The van der Waals surface area contributed by atoms with E-state index in [0.29, 0.717) is 48.5 Å². The number of piperidine rings is 1. The summed E-state index contributed by atoms with van der Waals surface area (Å²) in [5.41, 5.74) is 2.23. The molecule has 192 valence electrons. The molecule has 0 spiro atoms. The topological polar surface area (TPSA) is 124 Å². The van der Waals surface area contributed by atoms with Crippen LogP contribution in [0.3, 0.4) is 0 Å². The molecule has 1 unspecified atom stereocenters. The van der Waals surface area contributed by atoms with Crippen LogP contribution in [-0.2, 0) is 4.79 Å². The number of nitrogens with zero attached hydrogens (tertiary/aromatic N) is 7. The normalized spacial score (nSPS) is 15.5. The molecular weight excluding hydrogens is 484 g/mol. The first-order chi connectivity index (χ1) is 18.7. The first-order valence-electron chi connectivity index (χ1n) is 12.6. The van der Waals surface area contributed by atoms with E-state index in [1.165, 1.54) is 0 Å². The van der Waals surface area contributed by atoms with Crippen molar-refractivity contribution < 1.29 is 13.9 Å². The predicted molar refractivity (Wildman–Crippen MR) is 139 cm³/mol. The monoisotopic (exact) mass is 510 g/mol. The SMILES string of the molecule is O=C(NCCOc1ccc2nnc(-c3ccccc3)n2n1)C1CCCN(c2ccc(-c3ccco3)nn2)C1. The summed E-state index contributed by atoms with van der Waals surface area (Å²) >= 11 is 0. The zero-order valence-electron chi connectivity index (χ0n) is 20.6. The molecule has 1 N–H and O–H groups in total. The van der Waals surface area contributed by atoms with Crippen molar-refractivity contribution in [2.75, 3.05) is 31.1 Å². The third kappa shape index (κ3) is 5.03. The quantitative estimate of drug-likeness (QED) is 0.313. The number of anilines is 1. The fraction of sp³-hybridized carbons (Fsp3) is 0.259. The summed E-state index contributed by atoms with van der Waals surface area (Å²) in [5.74, 6) is 2.38. The Kier molecular flexibility index (Phi) is 6.62. The van der Waals surface area contributed by atoms with E-state index in [1.54, 1.807) is 22.9 Å². The molecular formula is C27H26N8O3. The van der Waals surface area contributed by atoms with Gasteiger partial charge < -0.3 is 19.4 Å². The summed E-state index contributed by atoms with van der Waals surface area (Å²) in [5, 5.41) is 24.6. The molecule has 4 aromatic heterocycles. The fourth-order valence-electron chi connectivity index (χ4n) is 4.54. The van der Waals surface area contributed by atoms with E-state index in [9.17, 15) is 4.79 Å². The van der Waals surface area contributed by atoms with Gasteiger partial charge in [-0.15, -0.1) is 25.5 Å². The standard InChI is InChI=1S/C27H26N8O3/c36-27(20-8-4-15-34(18-20)23-11-10-21(29-30-23)22-9-5-16-37-22)28-14-17-38-25-13-12-24-31-32-26(35(24)33-25)19-6-2-1-3-7-19/h1-3,5-7,9-13,16,20H,4,8,14-15,17-18H2,(H,28,36). The molecule has 0 radical (unpaired) electrons. The van der Waals surface area contributed by atoms with Gasteiger partial charge in [0.05, 0.1) is 18.7 Å². The number of aromatic nitrogens is 6. The number of ether oxygens (including phenoxy) is 1. The third-order valence-electron chi connectivity index (χ3n) is 6.46. The van der Waals surface area contributed by atoms with Gasteiger partial charge in [-0.2, -0.15) is 4.52 Å². The Bertz CT molecular complexity index is 1500. The number of carbonyl (C=O) groups is 1. The van der Waals surface area contributed by atoms with E-state index in [0.717, 1.165) is 30.8 Å². The van der Waals surface area contributed by atoms with E-state index < -0.39 is 0 Å². The second kappa shape index (κ2) is 10.7. The maximum absolute atomic E-state index is 12.9. The number of benzene rings is 1. The summed E-state index contributed by atoms with van der Waals surface area (Å²) < 4.78 is 12.8. The first-order valence-corrected chi connectivity index (χ1v) is 12.6. The number of hydrogen-bond acceptors (Lipinski definition) is 9. The van der Waals surface area contributed by atoms with Gasteiger partial charge in [-0.25, -0.2) is 0 Å². The molecule has 1 amide bonds. The second-order valence-corrected chi connectivity index (χ2v) is 9.01. The van der Waals surface area contributed by atoms with Crippen LogP contribution in [0.1, 0.15) is 12.8 Å². The zero-order valence-corrected chi connectivity index (χ0v) is 20.6. The molecule has 1 aliphatic rings. The average Bonchev–Trinajstić information content (AvgIpc) is 3.66. The van der Waals surface area contributed by atoms with Crippen molar-refractivity contribution in [1.29, 1.82) is 0 Å². The van der Waals surface area contributed by atoms with E-state index in [2.05, 4.69) is 35.7 Å². The highest BCUT2D eigenvalue weighted by atomic mass is 16.5. The Morgan fingerprint density at radius 2 is 1.92 bits per heavy atom. The van der Waals surface area contributed by atoms with Crippen molar-refractivity contribution in [3.63, 3.8) is 0 Å². The highest BCUT2D eigenvalue weighted by Crippen LogP contribution is 2.24. The van der Waals surface area contributed by atoms with Gasteiger partial charge in [0, 0.05) is 24.7 Å². The summed E-state index contributed by atoms with van der Waals surface area (Å²) in [6.07, 6.45) is 3.34. The summed E-state index contributed by atoms with van der Waals surface area (Å²) in [7, 11) is 0. The number of fused-ring (bicyclic) bond motifs is 1. The number of carbonyl (C=O) groups excluding carboxylic acids is 1. The molecule has 11 heteroatoms. The lowest BCUT2D eigenvalue weighted by Gasteiger charge is -2.32. The summed E-state index contributed by atoms with van der Waals surface area (Å²) in [6, 6.07) is 20.8. The lowest BCUT2D eigenvalue weighted by molar-refractivity contribution is -0.125. The highest BCUT2D eigenvalue weighted by Gasteiger charge is 2.26. The number of amides is 1. The Balaban J connectivity index is 1.01. The summed E-state index contributed by atoms with van der Waals surface area (Å²) in [4.78, 5) is 15.0. The van der Waals surface area contributed by atoms with Crippen LogP contribution in [0, 0.1) is 5.92 Å². The molecule has 6 rings (SSSR count). The van der Waals surface area contributed by atoms with Gasteiger partial charge in [-0.3, -0.25) is 4.79 Å². The minimum Gasteiger partial charge on any atom is -0.475 e. The molecule has 1 fully saturated rings. The molecule has 38 heavy (non-hydrogen) atoms. The van der Waals surface area contributed by atoms with Crippen molar-refractivity contribution in [3.05, 3.63) is 73.0 Å². The van der Waals surface area contributed by atoms with Crippen LogP contribution < -0.4 is 15.0 Å². The van der Waals surface area contributed by atoms with Crippen LogP contribution in [0.2, 0.25) is 0 Å². The van der Waals surface area contributed by atoms with Gasteiger partial charge in [0.1, 0.15) is 12.3 Å². The minimum absolute atomic E-state index is 0.00653. The van der Waals surface area contributed by atoms with Gasteiger partial charge in [0.15, 0.2) is 23.0 Å². The van der Waals surface area contributed by atoms with Gasteiger partial charge >= 0.3 is 0 Å². The maximum Gasteiger partial charge on any atom is 0.231 e. The Labute approximate surface area is 218 Å². The molecule has 5 heterocycles. The third-order valence-corrected chi connectivity index (χ3v) is 6.46. The minimum atomic E-state index is -0.129. The van der Waals surface area contributed by atoms with Crippen molar-refractivity contribution in [3.8, 4) is 28.7 Å². The summed E-state index contributed by atoms with van der Waals surface area (Å²) in [6.45, 7) is 2.10. The van der Waals surface area contributed by atoms with Gasteiger partial charge in [-0.1, -0.05) is 30.3 Å². The molecule has 1 saturated heterocycles. The molecule has 1 aromatic carbocycles. The lowest BCUT2D eigenvalue weighted by atomic mass is 9.97. The van der Waals surface area contributed by atoms with Crippen molar-refractivity contribution in [1.82, 2.24) is 35.3 Å². The van der Waals surface area contributed by atoms with E-state index >= 15 is 0 Å². The number of hydrogen-bond donors (Lipinski definition) is 1. The lowest BCUT2D eigenvalue weighted by Crippen LogP contribution is -2.44. The number of rotatable bonds is 8. The molecule has 0 bridgehead atoms. The second-order valence-electron chi connectivity index (χ2n) is 9.01. The van der Waals surface area contributed by atoms with Crippen molar-refractivity contribution >= 4 is 17.4 Å². The van der Waals surface area contributed by atoms with E-state index in [4.69, 9.17) is 9.15 Å². The Hall–Kier alpha value is -4.80. The predicted octanol–water partition coefficient (Wildman–Crippen LogP) is 3.25. The fourth-order valence-corrected chi connectivity index (χ4v) is 4.54. The van der Waals surface area contributed by atoms with Crippen LogP contribution in [-0.4, -0.2) is 62.2 Å². The van der Waals surface area contributed by atoms with E-state index in [1.807, 2.05) is 54.6 Å². The van der Waals surface area contributed by atoms with Crippen LogP contribution in [0.25, 0.3) is 28.5 Å². The van der Waals surface area contributed by atoms with Crippen LogP contribution in [0.5, 0.6) is 5.88 Å². The zero-order chi connectivity index (χ0) is 25.7. The first kappa shape index (κ1) is 23.6. The molecule has 0 saturated carbocycles. The van der Waals surface area contributed by atoms with Crippen molar-refractivity contribution in [2.45, 2.75) is 12.8 Å². The smallest absolute Gasteiger partial charge is 0.231 e. The molecule has 0 aliphatic carbocycles. The van der Waals surface area contributed by atoms with Crippen LogP contribution in [0.15, 0.2) is 77.4 Å². The molecule has 11 nitrogen and oxygen atoms in total. The molecule has 5 aromatic rings. The van der Waals surface area contributed by atoms with Gasteiger partial charge in [0.2, 0.25) is 11.8 Å². The van der Waals surface area contributed by atoms with Crippen molar-refractivity contribution in [2.24, 2.45) is 5.92 Å². The van der Waals surface area contributed by atoms with Gasteiger partial charge in [0.25, 0.3) is 0 Å². The highest BCUT2D eigenvalue weighted by molar-refractivity contribution is 5.79. The average molecular weight is 511 g/mol. The largest absolute Gasteiger partial charge is 0.475 e. The number of nitrogens with one attached hydrogen (secondary N) is 1. The molecule has 1 aliphatic heterocycles. The van der Waals surface area contributed by atoms with Crippen LogP contribution >= 0.6 is 0 Å². The van der Waals surface area contributed by atoms with Crippen LogP contribution in [0.4, 0.5) is 5.82 Å². The van der Waals surface area contributed by atoms with Gasteiger partial charge in [-0.05, 0) is 43.2 Å². The van der Waals surface area contributed by atoms with E-state index in [-0.39, 0.29) is 11.8 Å². The Morgan fingerprint density at radius 3 is 2.74 bits per heavy atom.